The highest BCUT2D eigenvalue weighted by Crippen LogP contribution is 2.40. The zero-order valence-corrected chi connectivity index (χ0v) is 11.3. The lowest BCUT2D eigenvalue weighted by molar-refractivity contribution is -0.131. The van der Waals surface area contributed by atoms with Crippen LogP contribution >= 0.6 is 0 Å². The molecule has 3 nitrogen and oxygen atoms in total. The number of aliphatic carboxylic acids is 1. The van der Waals surface area contributed by atoms with Gasteiger partial charge in [-0.2, -0.15) is 0 Å². The van der Waals surface area contributed by atoms with Gasteiger partial charge in [-0.25, -0.2) is 9.18 Å². The number of halogens is 1. The van der Waals surface area contributed by atoms with Crippen molar-refractivity contribution in [2.45, 2.75) is 19.3 Å². The van der Waals surface area contributed by atoms with Crippen LogP contribution in [0.4, 0.5) is 10.1 Å². The van der Waals surface area contributed by atoms with Crippen LogP contribution in [0.1, 0.15) is 24.8 Å². The number of hydrogen-bond acceptors (Lipinski definition) is 2. The number of carboxylic acids is 1. The Morgan fingerprint density at radius 1 is 1.30 bits per heavy atom. The fourth-order valence-corrected chi connectivity index (χ4v) is 3.48. The summed E-state index contributed by atoms with van der Waals surface area (Å²) in [5, 5.41) is 8.57. The molecule has 1 aliphatic heterocycles. The first kappa shape index (κ1) is 13.2. The van der Waals surface area contributed by atoms with Gasteiger partial charge < -0.3 is 10.0 Å². The molecule has 1 N–H and O–H groups in total. The largest absolute Gasteiger partial charge is 0.478 e. The number of anilines is 1. The van der Waals surface area contributed by atoms with E-state index in [1.165, 1.54) is 31.4 Å². The minimum absolute atomic E-state index is 0.266. The van der Waals surface area contributed by atoms with Crippen LogP contribution in [0.2, 0.25) is 0 Å². The zero-order chi connectivity index (χ0) is 14.1. The molecule has 0 amide bonds. The van der Waals surface area contributed by atoms with E-state index in [1.807, 2.05) is 0 Å². The molecule has 2 aliphatic rings. The Hall–Kier alpha value is -1.84. The highest BCUT2D eigenvalue weighted by atomic mass is 19.1. The highest BCUT2D eigenvalue weighted by molar-refractivity contribution is 5.85. The third-order valence-corrected chi connectivity index (χ3v) is 4.46. The second-order valence-corrected chi connectivity index (χ2v) is 5.74. The Kier molecular flexibility index (Phi) is 3.47. The van der Waals surface area contributed by atoms with Gasteiger partial charge in [0.2, 0.25) is 0 Å². The van der Waals surface area contributed by atoms with Crippen LogP contribution < -0.4 is 4.90 Å². The Morgan fingerprint density at radius 2 is 2.00 bits per heavy atom. The van der Waals surface area contributed by atoms with Crippen molar-refractivity contribution in [1.29, 1.82) is 0 Å². The molecule has 0 radical (unpaired) electrons. The normalized spacial score (nSPS) is 25.4. The molecule has 0 bridgehead atoms. The number of hydrogen-bond donors (Lipinski definition) is 1. The molecule has 1 aromatic carbocycles. The Morgan fingerprint density at radius 3 is 2.60 bits per heavy atom. The maximum atomic E-state index is 14.2. The van der Waals surface area contributed by atoms with E-state index >= 15 is 0 Å². The number of nitrogens with zero attached hydrogens (tertiary/aromatic N) is 1. The summed E-state index contributed by atoms with van der Waals surface area (Å²) < 4.78 is 14.2. The molecule has 1 aliphatic carbocycles. The van der Waals surface area contributed by atoms with Crippen LogP contribution in [-0.4, -0.2) is 24.2 Å². The summed E-state index contributed by atoms with van der Waals surface area (Å²) >= 11 is 0. The minimum atomic E-state index is -1.03. The van der Waals surface area contributed by atoms with Crippen molar-refractivity contribution in [3.63, 3.8) is 0 Å². The van der Waals surface area contributed by atoms with E-state index in [1.54, 1.807) is 12.1 Å². The zero-order valence-electron chi connectivity index (χ0n) is 11.3. The van der Waals surface area contributed by atoms with Gasteiger partial charge in [-0.05, 0) is 48.4 Å². The molecule has 106 valence electrons. The molecule has 1 saturated carbocycles. The average molecular weight is 275 g/mol. The van der Waals surface area contributed by atoms with Gasteiger partial charge in [0.1, 0.15) is 5.82 Å². The van der Waals surface area contributed by atoms with E-state index < -0.39 is 5.97 Å². The summed E-state index contributed by atoms with van der Waals surface area (Å²) in [6.07, 6.45) is 6.28. The van der Waals surface area contributed by atoms with Crippen LogP contribution in [0.3, 0.4) is 0 Å². The Balaban J connectivity index is 1.76. The number of fused-ring (bicyclic) bond motifs is 1. The van der Waals surface area contributed by atoms with E-state index in [2.05, 4.69) is 4.90 Å². The summed E-state index contributed by atoms with van der Waals surface area (Å²) in [6, 6.07) is 4.94. The Bertz CT molecular complexity index is 543. The van der Waals surface area contributed by atoms with Crippen molar-refractivity contribution in [3.05, 3.63) is 35.7 Å². The second kappa shape index (κ2) is 5.27. The van der Waals surface area contributed by atoms with Crippen LogP contribution in [-0.2, 0) is 4.79 Å². The molecule has 2 fully saturated rings. The van der Waals surface area contributed by atoms with Crippen molar-refractivity contribution in [3.8, 4) is 0 Å². The summed E-state index contributed by atoms with van der Waals surface area (Å²) in [6.45, 7) is 1.90. The molecule has 2 unspecified atom stereocenters. The van der Waals surface area contributed by atoms with Gasteiger partial charge in [-0.15, -0.1) is 0 Å². The predicted octanol–water partition coefficient (Wildman–Crippen LogP) is 3.16. The summed E-state index contributed by atoms with van der Waals surface area (Å²) in [5.41, 5.74) is 1.22. The van der Waals surface area contributed by atoms with E-state index in [4.69, 9.17) is 5.11 Å². The van der Waals surface area contributed by atoms with Gasteiger partial charge in [-0.3, -0.25) is 0 Å². The molecule has 4 heteroatoms. The van der Waals surface area contributed by atoms with Crippen LogP contribution in [0, 0.1) is 17.7 Å². The minimum Gasteiger partial charge on any atom is -0.478 e. The van der Waals surface area contributed by atoms with E-state index in [0.29, 0.717) is 11.3 Å². The lowest BCUT2D eigenvalue weighted by Crippen LogP contribution is -2.21. The first-order valence-electron chi connectivity index (χ1n) is 7.09. The lowest BCUT2D eigenvalue weighted by atomic mass is 10.0. The smallest absolute Gasteiger partial charge is 0.328 e. The molecule has 1 aromatic rings. The van der Waals surface area contributed by atoms with Gasteiger partial charge >= 0.3 is 5.97 Å². The van der Waals surface area contributed by atoms with Crippen molar-refractivity contribution in [2.24, 2.45) is 11.8 Å². The molecule has 20 heavy (non-hydrogen) atoms. The van der Waals surface area contributed by atoms with Gasteiger partial charge in [0, 0.05) is 19.2 Å². The van der Waals surface area contributed by atoms with Crippen molar-refractivity contribution in [1.82, 2.24) is 0 Å². The molecule has 1 saturated heterocycles. The van der Waals surface area contributed by atoms with Crippen molar-refractivity contribution >= 4 is 17.7 Å². The molecule has 1 heterocycles. The topological polar surface area (TPSA) is 40.5 Å². The molecular weight excluding hydrogens is 257 g/mol. The van der Waals surface area contributed by atoms with Crippen LogP contribution in [0.5, 0.6) is 0 Å². The van der Waals surface area contributed by atoms with Gasteiger partial charge in [-0.1, -0.05) is 12.5 Å². The molecular formula is C16H18FNO2. The molecule has 3 rings (SSSR count). The standard InChI is InChI=1S/C16H18FNO2/c17-14-8-11(5-7-16(19)20)4-6-15(14)18-9-12-2-1-3-13(12)10-18/h4-8,12-13H,1-3,9-10H2,(H,19,20)/b7-5+. The lowest BCUT2D eigenvalue weighted by Gasteiger charge is -2.20. The maximum absolute atomic E-state index is 14.2. The van der Waals surface area contributed by atoms with Crippen molar-refractivity contribution in [2.75, 3.05) is 18.0 Å². The van der Waals surface area contributed by atoms with E-state index in [9.17, 15) is 9.18 Å². The second-order valence-electron chi connectivity index (χ2n) is 5.74. The molecule has 0 aromatic heterocycles. The fourth-order valence-electron chi connectivity index (χ4n) is 3.48. The third-order valence-electron chi connectivity index (χ3n) is 4.46. The van der Waals surface area contributed by atoms with Crippen molar-refractivity contribution < 1.29 is 14.3 Å². The number of carbonyl (C=O) groups is 1. The highest BCUT2D eigenvalue weighted by Gasteiger charge is 2.36. The SMILES string of the molecule is O=C(O)/C=C/c1ccc(N2CC3CCCC3C2)c(F)c1. The van der Waals surface area contributed by atoms with Gasteiger partial charge in [0.05, 0.1) is 5.69 Å². The fraction of sp³-hybridized carbons (Fsp3) is 0.438. The number of carboxylic acid groups (broad SMARTS) is 1. The molecule has 0 spiro atoms. The molecule has 2 atom stereocenters. The first-order chi connectivity index (χ1) is 9.63. The van der Waals surface area contributed by atoms with Crippen LogP contribution in [0.25, 0.3) is 6.08 Å². The van der Waals surface area contributed by atoms with Gasteiger partial charge in [0.15, 0.2) is 0 Å². The first-order valence-corrected chi connectivity index (χ1v) is 7.09. The maximum Gasteiger partial charge on any atom is 0.328 e. The summed E-state index contributed by atoms with van der Waals surface area (Å²) in [5.74, 6) is 0.154. The Labute approximate surface area is 117 Å². The summed E-state index contributed by atoms with van der Waals surface area (Å²) in [4.78, 5) is 12.6. The number of benzene rings is 1. The van der Waals surface area contributed by atoms with Gasteiger partial charge in [0.25, 0.3) is 0 Å². The third kappa shape index (κ3) is 2.55. The average Bonchev–Trinajstić information content (AvgIpc) is 2.97. The number of rotatable bonds is 3. The quantitative estimate of drug-likeness (QED) is 0.861. The monoisotopic (exact) mass is 275 g/mol. The van der Waals surface area contributed by atoms with E-state index in [-0.39, 0.29) is 5.82 Å². The summed E-state index contributed by atoms with van der Waals surface area (Å²) in [7, 11) is 0. The van der Waals surface area contributed by atoms with Crippen LogP contribution in [0.15, 0.2) is 24.3 Å². The predicted molar refractivity (Wildman–Crippen MR) is 76.1 cm³/mol. The van der Waals surface area contributed by atoms with E-state index in [0.717, 1.165) is 31.0 Å².